The first-order chi connectivity index (χ1) is 19.1. The van der Waals surface area contributed by atoms with Gasteiger partial charge in [0.1, 0.15) is 17.3 Å². The number of nitrogens with zero attached hydrogens (tertiary/aromatic N) is 1. The molecule has 0 aliphatic heterocycles. The van der Waals surface area contributed by atoms with E-state index >= 15 is 4.39 Å². The molecule has 3 rings (SSSR count). The normalized spacial score (nSPS) is 13.6. The number of carbonyl (C=O) groups excluding carboxylic acids is 1. The lowest BCUT2D eigenvalue weighted by molar-refractivity contribution is -0.135. The zero-order valence-corrected chi connectivity index (χ0v) is 25.8. The van der Waals surface area contributed by atoms with Crippen LogP contribution in [-0.2, 0) is 29.5 Å². The average Bonchev–Trinajstić information content (AvgIpc) is 2.85. The second kappa shape index (κ2) is 12.8. The Bertz CT molecular complexity index is 1490. The molecule has 0 radical (unpaired) electrons. The lowest BCUT2D eigenvalue weighted by atomic mass is 10.0. The molecule has 0 aliphatic carbocycles. The highest BCUT2D eigenvalue weighted by Crippen LogP contribution is 2.56. The van der Waals surface area contributed by atoms with E-state index in [0.29, 0.717) is 35.6 Å². The Labute approximate surface area is 240 Å². The van der Waals surface area contributed by atoms with Crippen molar-refractivity contribution < 1.29 is 36.8 Å². The highest BCUT2D eigenvalue weighted by Gasteiger charge is 2.41. The van der Waals surface area contributed by atoms with Crippen molar-refractivity contribution in [2.45, 2.75) is 79.1 Å². The van der Waals surface area contributed by atoms with Gasteiger partial charge in [-0.3, -0.25) is 18.6 Å². The van der Waals surface area contributed by atoms with E-state index in [-0.39, 0.29) is 23.9 Å². The van der Waals surface area contributed by atoms with Crippen molar-refractivity contribution in [1.29, 1.82) is 0 Å². The molecule has 2 aromatic carbocycles. The van der Waals surface area contributed by atoms with Crippen LogP contribution < -0.4 is 14.9 Å². The van der Waals surface area contributed by atoms with Crippen LogP contribution in [0.25, 0.3) is 22.0 Å². The van der Waals surface area contributed by atoms with E-state index in [4.69, 9.17) is 23.0 Å². The van der Waals surface area contributed by atoms with Gasteiger partial charge in [0.2, 0.25) is 0 Å². The molecular weight excluding hydrogens is 552 g/mol. The Morgan fingerprint density at radius 2 is 1.68 bits per heavy atom. The topological polar surface area (TPSA) is 102 Å². The Balaban J connectivity index is 2.11. The molecule has 1 atom stereocenters. The standard InChI is InChI=1S/C30H39FNO8P/c1-9-18-37-25-15-14-24(31)26-27(25)32(19-23(28(26)34)21-10-12-22(36-8)13-11-21)17-16-30(6,7)40-41(35,38-20(2)33)39-29(3,4)5/h10-15,19H,9,16-18H2,1-8H3. The predicted octanol–water partition coefficient (Wildman–Crippen LogP) is 7.28. The maximum Gasteiger partial charge on any atom is 0.533 e. The zero-order chi connectivity index (χ0) is 30.6. The summed E-state index contributed by atoms with van der Waals surface area (Å²) in [6.45, 7) is 12.0. The van der Waals surface area contributed by atoms with Crippen molar-refractivity contribution >= 4 is 24.7 Å². The van der Waals surface area contributed by atoms with Crippen molar-refractivity contribution in [2.24, 2.45) is 0 Å². The molecule has 41 heavy (non-hydrogen) atoms. The van der Waals surface area contributed by atoms with Gasteiger partial charge in [-0.2, -0.15) is 0 Å². The minimum atomic E-state index is -4.30. The molecule has 0 bridgehead atoms. The number of aryl methyl sites for hydroxylation is 1. The number of halogens is 1. The van der Waals surface area contributed by atoms with Crippen LogP contribution in [0.2, 0.25) is 0 Å². The minimum absolute atomic E-state index is 0.104. The highest BCUT2D eigenvalue weighted by molar-refractivity contribution is 7.49. The number of fused-ring (bicyclic) bond motifs is 1. The third kappa shape index (κ3) is 8.41. The van der Waals surface area contributed by atoms with E-state index in [1.54, 1.807) is 76.8 Å². The molecule has 0 saturated heterocycles. The number of pyridine rings is 1. The molecule has 0 N–H and O–H groups in total. The first-order valence-electron chi connectivity index (χ1n) is 13.4. The van der Waals surface area contributed by atoms with Gasteiger partial charge in [0.25, 0.3) is 0 Å². The molecule has 0 saturated carbocycles. The number of aromatic nitrogens is 1. The van der Waals surface area contributed by atoms with Crippen molar-refractivity contribution in [3.63, 3.8) is 0 Å². The van der Waals surface area contributed by atoms with Crippen LogP contribution in [0, 0.1) is 5.82 Å². The van der Waals surface area contributed by atoms with Crippen LogP contribution in [-0.4, -0.2) is 35.5 Å². The number of carbonyl (C=O) groups is 1. The molecule has 0 aliphatic rings. The van der Waals surface area contributed by atoms with Gasteiger partial charge in [-0.05, 0) is 77.3 Å². The summed E-state index contributed by atoms with van der Waals surface area (Å²) in [7, 11) is -2.75. The summed E-state index contributed by atoms with van der Waals surface area (Å²) in [4.78, 5) is 25.4. The fourth-order valence-electron chi connectivity index (χ4n) is 4.23. The number of rotatable bonds is 12. The monoisotopic (exact) mass is 591 g/mol. The van der Waals surface area contributed by atoms with E-state index in [0.717, 1.165) is 6.92 Å². The van der Waals surface area contributed by atoms with Gasteiger partial charge < -0.3 is 18.6 Å². The van der Waals surface area contributed by atoms with E-state index in [2.05, 4.69) is 0 Å². The molecule has 224 valence electrons. The summed E-state index contributed by atoms with van der Waals surface area (Å²) in [5.74, 6) is -0.504. The molecule has 1 heterocycles. The average molecular weight is 592 g/mol. The Morgan fingerprint density at radius 3 is 2.24 bits per heavy atom. The largest absolute Gasteiger partial charge is 0.533 e. The first kappa shape index (κ1) is 32.3. The van der Waals surface area contributed by atoms with Crippen LogP contribution in [0.15, 0.2) is 47.4 Å². The number of methoxy groups -OCH3 is 1. The zero-order valence-electron chi connectivity index (χ0n) is 24.9. The molecule has 1 unspecified atom stereocenters. The van der Waals surface area contributed by atoms with Crippen LogP contribution in [0.4, 0.5) is 4.39 Å². The summed E-state index contributed by atoms with van der Waals surface area (Å²) in [5, 5.41) is -0.104. The van der Waals surface area contributed by atoms with Gasteiger partial charge in [-0.25, -0.2) is 8.96 Å². The van der Waals surface area contributed by atoms with Gasteiger partial charge >= 0.3 is 13.8 Å². The summed E-state index contributed by atoms with van der Waals surface area (Å²) >= 11 is 0. The van der Waals surface area contributed by atoms with Crippen LogP contribution in [0.5, 0.6) is 11.5 Å². The predicted molar refractivity (Wildman–Crippen MR) is 156 cm³/mol. The fourth-order valence-corrected chi connectivity index (χ4v) is 6.02. The molecule has 0 spiro atoms. The molecule has 3 aromatic rings. The molecule has 0 amide bonds. The number of hydrogen-bond acceptors (Lipinski definition) is 8. The Kier molecular flexibility index (Phi) is 10.1. The number of benzene rings is 2. The van der Waals surface area contributed by atoms with E-state index in [1.165, 1.54) is 12.1 Å². The molecule has 9 nitrogen and oxygen atoms in total. The lowest BCUT2D eigenvalue weighted by Gasteiger charge is -2.32. The summed E-state index contributed by atoms with van der Waals surface area (Å²) in [6, 6.07) is 9.63. The Morgan fingerprint density at radius 1 is 1.02 bits per heavy atom. The van der Waals surface area contributed by atoms with Crippen molar-refractivity contribution in [2.75, 3.05) is 13.7 Å². The lowest BCUT2D eigenvalue weighted by Crippen LogP contribution is -2.29. The third-order valence-corrected chi connectivity index (χ3v) is 7.91. The first-order valence-corrected chi connectivity index (χ1v) is 14.9. The van der Waals surface area contributed by atoms with E-state index < -0.39 is 36.2 Å². The number of phosphoric acid groups is 1. The molecule has 11 heteroatoms. The molecule has 1 aromatic heterocycles. The summed E-state index contributed by atoms with van der Waals surface area (Å²) < 4.78 is 58.0. The second-order valence-corrected chi connectivity index (χ2v) is 12.7. The van der Waals surface area contributed by atoms with Gasteiger partial charge in [0.15, 0.2) is 5.43 Å². The van der Waals surface area contributed by atoms with Gasteiger partial charge in [-0.15, -0.1) is 0 Å². The van der Waals surface area contributed by atoms with Crippen molar-refractivity contribution in [3.05, 3.63) is 58.6 Å². The molecular formula is C30H39FNO8P. The quantitative estimate of drug-likeness (QED) is 0.203. The fraction of sp³-hybridized carbons (Fsp3) is 0.467. The van der Waals surface area contributed by atoms with E-state index in [9.17, 15) is 14.2 Å². The minimum Gasteiger partial charge on any atom is -0.497 e. The van der Waals surface area contributed by atoms with Crippen LogP contribution in [0.3, 0.4) is 0 Å². The van der Waals surface area contributed by atoms with Gasteiger partial charge in [0.05, 0.1) is 35.8 Å². The summed E-state index contributed by atoms with van der Waals surface area (Å²) in [5.41, 5.74) is -1.37. The van der Waals surface area contributed by atoms with Crippen molar-refractivity contribution in [1.82, 2.24) is 4.57 Å². The smallest absolute Gasteiger partial charge is 0.497 e. The van der Waals surface area contributed by atoms with E-state index in [1.807, 2.05) is 6.92 Å². The van der Waals surface area contributed by atoms with Crippen molar-refractivity contribution in [3.8, 4) is 22.6 Å². The summed E-state index contributed by atoms with van der Waals surface area (Å²) in [6.07, 6.45) is 2.58. The van der Waals surface area contributed by atoms with Gasteiger partial charge in [-0.1, -0.05) is 19.1 Å². The number of hydrogen-bond donors (Lipinski definition) is 0. The number of ether oxygens (including phenoxy) is 2. The van der Waals surface area contributed by atoms with Crippen LogP contribution >= 0.6 is 7.82 Å². The Hall–Kier alpha value is -3.20. The SMILES string of the molecule is CCCOc1ccc(F)c2c(=O)c(-c3ccc(OC)cc3)cn(CCC(C)(C)OP(=O)(OC(C)=O)OC(C)(C)C)c12. The second-order valence-electron chi connectivity index (χ2n) is 11.2. The highest BCUT2D eigenvalue weighted by atomic mass is 31.2. The maximum absolute atomic E-state index is 15.3. The van der Waals surface area contributed by atoms with Crippen LogP contribution in [0.1, 0.15) is 61.3 Å². The van der Waals surface area contributed by atoms with Gasteiger partial charge in [0, 0.05) is 25.2 Å². The maximum atomic E-state index is 15.3. The molecule has 0 fully saturated rings. The number of phosphoric ester groups is 1. The third-order valence-electron chi connectivity index (χ3n) is 5.94.